The van der Waals surface area contributed by atoms with Crippen molar-refractivity contribution in [2.75, 3.05) is 5.32 Å². The first-order valence-corrected chi connectivity index (χ1v) is 4.90. The third-order valence-corrected chi connectivity index (χ3v) is 1.66. The highest BCUT2D eigenvalue weighted by atomic mass is 16.1. The summed E-state index contributed by atoms with van der Waals surface area (Å²) in [6.07, 6.45) is 1.27. The number of aldehydes is 1. The molecule has 0 spiro atoms. The zero-order valence-corrected chi connectivity index (χ0v) is 9.41. The van der Waals surface area contributed by atoms with Gasteiger partial charge >= 0.3 is 0 Å². The Bertz CT molecular complexity index is 304. The Morgan fingerprint density at radius 1 is 1.33 bits per heavy atom. The molecule has 1 amide bonds. The van der Waals surface area contributed by atoms with Crippen molar-refractivity contribution >= 4 is 17.9 Å². The summed E-state index contributed by atoms with van der Waals surface area (Å²) in [4.78, 5) is 19.8. The van der Waals surface area contributed by atoms with Gasteiger partial charge in [0, 0.05) is 12.1 Å². The highest BCUT2D eigenvalue weighted by Crippen LogP contribution is 2.08. The SMILES string of the molecule is CC=O.CCC(=O)Nc1ccc(C)cc1. The molecule has 1 aromatic rings. The molecule has 1 rings (SSSR count). The Hall–Kier alpha value is -1.64. The van der Waals surface area contributed by atoms with E-state index in [4.69, 9.17) is 4.79 Å². The zero-order valence-electron chi connectivity index (χ0n) is 9.41. The summed E-state index contributed by atoms with van der Waals surface area (Å²) in [6, 6.07) is 7.77. The molecule has 0 fully saturated rings. The number of hydrogen-bond acceptors (Lipinski definition) is 2. The summed E-state index contributed by atoms with van der Waals surface area (Å²) in [5.74, 6) is 0.0545. The summed E-state index contributed by atoms with van der Waals surface area (Å²) in [7, 11) is 0. The normalized spacial score (nSPS) is 8.47. The molecular weight excluding hydrogens is 190 g/mol. The van der Waals surface area contributed by atoms with Gasteiger partial charge in [-0.2, -0.15) is 0 Å². The monoisotopic (exact) mass is 207 g/mol. The highest BCUT2D eigenvalue weighted by Gasteiger charge is 1.96. The molecule has 0 aliphatic heterocycles. The van der Waals surface area contributed by atoms with Crippen molar-refractivity contribution in [1.29, 1.82) is 0 Å². The molecule has 0 saturated carbocycles. The lowest BCUT2D eigenvalue weighted by Gasteiger charge is -2.02. The maximum atomic E-state index is 11.0. The Balaban J connectivity index is 0.000000583. The fourth-order valence-corrected chi connectivity index (χ4v) is 0.886. The van der Waals surface area contributed by atoms with Gasteiger partial charge in [0.1, 0.15) is 6.29 Å². The number of aryl methyl sites for hydroxylation is 1. The van der Waals surface area contributed by atoms with Gasteiger partial charge < -0.3 is 10.1 Å². The molecule has 0 atom stereocenters. The van der Waals surface area contributed by atoms with E-state index in [0.717, 1.165) is 12.0 Å². The number of benzene rings is 1. The van der Waals surface area contributed by atoms with E-state index in [1.807, 2.05) is 38.1 Å². The van der Waals surface area contributed by atoms with Crippen molar-refractivity contribution in [3.8, 4) is 0 Å². The lowest BCUT2D eigenvalue weighted by molar-refractivity contribution is -0.115. The van der Waals surface area contributed by atoms with Crippen LogP contribution in [0.25, 0.3) is 0 Å². The van der Waals surface area contributed by atoms with Crippen LogP contribution in [-0.2, 0) is 9.59 Å². The van der Waals surface area contributed by atoms with Crippen molar-refractivity contribution in [3.63, 3.8) is 0 Å². The van der Waals surface area contributed by atoms with Crippen LogP contribution in [0.3, 0.4) is 0 Å². The number of amides is 1. The van der Waals surface area contributed by atoms with Gasteiger partial charge in [-0.15, -0.1) is 0 Å². The second-order valence-corrected chi connectivity index (χ2v) is 3.00. The van der Waals surface area contributed by atoms with E-state index >= 15 is 0 Å². The second-order valence-electron chi connectivity index (χ2n) is 3.00. The van der Waals surface area contributed by atoms with Gasteiger partial charge in [0.15, 0.2) is 0 Å². The number of anilines is 1. The van der Waals surface area contributed by atoms with Crippen LogP contribution >= 0.6 is 0 Å². The quantitative estimate of drug-likeness (QED) is 0.757. The van der Waals surface area contributed by atoms with E-state index in [1.165, 1.54) is 12.5 Å². The average Bonchev–Trinajstić information content (AvgIpc) is 2.22. The molecule has 82 valence electrons. The van der Waals surface area contributed by atoms with E-state index in [-0.39, 0.29) is 5.91 Å². The molecule has 0 unspecified atom stereocenters. The second kappa shape index (κ2) is 7.74. The van der Waals surface area contributed by atoms with E-state index < -0.39 is 0 Å². The van der Waals surface area contributed by atoms with Crippen LogP contribution in [0.4, 0.5) is 5.69 Å². The summed E-state index contributed by atoms with van der Waals surface area (Å²) < 4.78 is 0. The lowest BCUT2D eigenvalue weighted by Crippen LogP contribution is -2.08. The van der Waals surface area contributed by atoms with Crippen LogP contribution in [0.5, 0.6) is 0 Å². The van der Waals surface area contributed by atoms with Crippen LogP contribution < -0.4 is 5.32 Å². The van der Waals surface area contributed by atoms with Gasteiger partial charge in [-0.1, -0.05) is 24.6 Å². The number of hydrogen-bond donors (Lipinski definition) is 1. The van der Waals surface area contributed by atoms with Gasteiger partial charge in [0.25, 0.3) is 0 Å². The number of carbonyl (C=O) groups excluding carboxylic acids is 2. The minimum atomic E-state index is 0.0545. The fourth-order valence-electron chi connectivity index (χ4n) is 0.886. The van der Waals surface area contributed by atoms with E-state index in [9.17, 15) is 4.79 Å². The molecule has 0 saturated heterocycles. The van der Waals surface area contributed by atoms with Crippen LogP contribution in [0.2, 0.25) is 0 Å². The average molecular weight is 207 g/mol. The van der Waals surface area contributed by atoms with Gasteiger partial charge in [0.05, 0.1) is 0 Å². The molecule has 0 heterocycles. The Morgan fingerprint density at radius 3 is 2.20 bits per heavy atom. The van der Waals surface area contributed by atoms with Crippen LogP contribution in [0.15, 0.2) is 24.3 Å². The molecule has 0 bridgehead atoms. The van der Waals surface area contributed by atoms with Gasteiger partial charge in [-0.05, 0) is 26.0 Å². The number of carbonyl (C=O) groups is 2. The summed E-state index contributed by atoms with van der Waals surface area (Å²) in [6.45, 7) is 5.30. The molecular formula is C12H17NO2. The number of nitrogens with one attached hydrogen (secondary N) is 1. The largest absolute Gasteiger partial charge is 0.326 e. The van der Waals surface area contributed by atoms with Crippen LogP contribution in [0.1, 0.15) is 25.8 Å². The fraction of sp³-hybridized carbons (Fsp3) is 0.333. The number of rotatable bonds is 2. The molecule has 1 aromatic carbocycles. The highest BCUT2D eigenvalue weighted by molar-refractivity contribution is 5.90. The predicted molar refractivity (Wildman–Crippen MR) is 61.8 cm³/mol. The molecule has 0 aromatic heterocycles. The minimum Gasteiger partial charge on any atom is -0.326 e. The van der Waals surface area contributed by atoms with Gasteiger partial charge in [0.2, 0.25) is 5.91 Å². The molecule has 0 radical (unpaired) electrons. The maximum Gasteiger partial charge on any atom is 0.224 e. The molecule has 1 N–H and O–H groups in total. The van der Waals surface area contributed by atoms with E-state index in [0.29, 0.717) is 6.42 Å². The van der Waals surface area contributed by atoms with Crippen molar-refractivity contribution in [2.24, 2.45) is 0 Å². The third kappa shape index (κ3) is 6.43. The van der Waals surface area contributed by atoms with Gasteiger partial charge in [-0.3, -0.25) is 4.79 Å². The van der Waals surface area contributed by atoms with E-state index in [2.05, 4.69) is 5.32 Å². The molecule has 0 aliphatic rings. The molecule has 3 heteroatoms. The van der Waals surface area contributed by atoms with Gasteiger partial charge in [-0.25, -0.2) is 0 Å². The first-order chi connectivity index (χ1) is 7.13. The predicted octanol–water partition coefficient (Wildman–Crippen LogP) is 2.55. The first-order valence-electron chi connectivity index (χ1n) is 4.90. The standard InChI is InChI=1S/C10H13NO.C2H4O/c1-3-10(12)11-9-6-4-8(2)5-7-9;1-2-3/h4-7H,3H2,1-2H3,(H,11,12);2H,1H3. The lowest BCUT2D eigenvalue weighted by atomic mass is 10.2. The molecule has 15 heavy (non-hydrogen) atoms. The van der Waals surface area contributed by atoms with Crippen molar-refractivity contribution in [1.82, 2.24) is 0 Å². The van der Waals surface area contributed by atoms with E-state index in [1.54, 1.807) is 0 Å². The molecule has 0 aliphatic carbocycles. The third-order valence-electron chi connectivity index (χ3n) is 1.66. The Morgan fingerprint density at radius 2 is 1.80 bits per heavy atom. The summed E-state index contributed by atoms with van der Waals surface area (Å²) >= 11 is 0. The Labute approximate surface area is 90.5 Å². The van der Waals surface area contributed by atoms with Crippen LogP contribution in [0, 0.1) is 6.92 Å². The first kappa shape index (κ1) is 13.4. The summed E-state index contributed by atoms with van der Waals surface area (Å²) in [5.41, 5.74) is 2.07. The summed E-state index contributed by atoms with van der Waals surface area (Å²) in [5, 5.41) is 2.78. The topological polar surface area (TPSA) is 46.2 Å². The van der Waals surface area contributed by atoms with Crippen molar-refractivity contribution in [3.05, 3.63) is 29.8 Å². The maximum absolute atomic E-state index is 11.0. The van der Waals surface area contributed by atoms with Crippen LogP contribution in [-0.4, -0.2) is 12.2 Å². The van der Waals surface area contributed by atoms with Crippen molar-refractivity contribution in [2.45, 2.75) is 27.2 Å². The molecule has 3 nitrogen and oxygen atoms in total. The smallest absolute Gasteiger partial charge is 0.224 e. The van der Waals surface area contributed by atoms with Crippen molar-refractivity contribution < 1.29 is 9.59 Å². The minimum absolute atomic E-state index is 0.0545. The zero-order chi connectivity index (χ0) is 11.7. The Kier molecular flexibility index (Phi) is 6.89.